The molecule has 1 amide bonds. The molecule has 6 heteroatoms. The molecule has 0 aromatic heterocycles. The average Bonchev–Trinajstić information content (AvgIpc) is 2.47. The summed E-state index contributed by atoms with van der Waals surface area (Å²) in [5, 5.41) is 3.04. The Kier molecular flexibility index (Phi) is 5.49. The largest absolute Gasteiger partial charge is 0.433 e. The lowest BCUT2D eigenvalue weighted by atomic mass is 10.2. The first-order chi connectivity index (χ1) is 10.5. The summed E-state index contributed by atoms with van der Waals surface area (Å²) in [6.07, 6.45) is 2.85. The molecule has 22 heavy (non-hydrogen) atoms. The maximum absolute atomic E-state index is 12.3. The van der Waals surface area contributed by atoms with Crippen molar-refractivity contribution in [3.8, 4) is 5.75 Å². The molecule has 0 saturated heterocycles. The first-order valence-electron chi connectivity index (χ1n) is 6.33. The third-order valence-corrected chi connectivity index (χ3v) is 2.87. The number of carbonyl (C=O) groups is 1. The summed E-state index contributed by atoms with van der Waals surface area (Å²) in [4.78, 5) is 11.8. The Balaban J connectivity index is 2.06. The van der Waals surface area contributed by atoms with Gasteiger partial charge in [0.1, 0.15) is 5.75 Å². The van der Waals surface area contributed by atoms with E-state index < -0.39 is 12.5 Å². The van der Waals surface area contributed by atoms with E-state index in [1.807, 2.05) is 0 Å². The number of carbonyl (C=O) groups excluding carboxylic acids is 1. The third kappa shape index (κ3) is 4.86. The summed E-state index contributed by atoms with van der Waals surface area (Å²) in [6.45, 7) is -2.96. The Hall–Kier alpha value is -2.40. The number of halogens is 3. The van der Waals surface area contributed by atoms with Gasteiger partial charge >= 0.3 is 6.61 Å². The fourth-order valence-corrected chi connectivity index (χ4v) is 1.92. The van der Waals surface area contributed by atoms with Crippen molar-refractivity contribution in [2.24, 2.45) is 0 Å². The van der Waals surface area contributed by atoms with Crippen LogP contribution in [0.25, 0.3) is 6.08 Å². The van der Waals surface area contributed by atoms with Crippen molar-refractivity contribution in [2.75, 3.05) is 5.32 Å². The zero-order valence-corrected chi connectivity index (χ0v) is 12.1. The molecule has 114 valence electrons. The molecule has 0 aliphatic heterocycles. The van der Waals surface area contributed by atoms with E-state index in [2.05, 4.69) is 10.1 Å². The predicted molar refractivity (Wildman–Crippen MR) is 82.2 cm³/mol. The van der Waals surface area contributed by atoms with Crippen LogP contribution in [0.5, 0.6) is 5.75 Å². The minimum Gasteiger partial charge on any atom is -0.433 e. The first kappa shape index (κ1) is 16.0. The molecule has 0 heterocycles. The third-order valence-electron chi connectivity index (χ3n) is 2.64. The molecular formula is C16H12ClF2NO2. The summed E-state index contributed by atoms with van der Waals surface area (Å²) in [5.74, 6) is -0.563. The molecule has 1 N–H and O–H groups in total. The molecule has 0 radical (unpaired) electrons. The molecule has 0 spiro atoms. The van der Waals surface area contributed by atoms with Gasteiger partial charge in [0.15, 0.2) is 0 Å². The number of para-hydroxylation sites is 2. The molecule has 0 unspecified atom stereocenters. The van der Waals surface area contributed by atoms with E-state index in [0.29, 0.717) is 5.02 Å². The Morgan fingerprint density at radius 1 is 1.18 bits per heavy atom. The number of hydrogen-bond donors (Lipinski definition) is 1. The van der Waals surface area contributed by atoms with Crippen molar-refractivity contribution in [3.05, 3.63) is 65.2 Å². The van der Waals surface area contributed by atoms with Gasteiger partial charge in [0, 0.05) is 11.1 Å². The molecule has 3 nitrogen and oxygen atoms in total. The number of anilines is 1. The molecule has 0 saturated carbocycles. The quantitative estimate of drug-likeness (QED) is 0.817. The van der Waals surface area contributed by atoms with E-state index >= 15 is 0 Å². The number of alkyl halides is 2. The van der Waals surface area contributed by atoms with Crippen LogP contribution in [0.15, 0.2) is 54.6 Å². The van der Waals surface area contributed by atoms with Gasteiger partial charge in [-0.25, -0.2) is 0 Å². The number of nitrogens with one attached hydrogen (secondary N) is 1. The predicted octanol–water partition coefficient (Wildman–Crippen LogP) is 4.59. The van der Waals surface area contributed by atoms with Crippen molar-refractivity contribution in [3.63, 3.8) is 0 Å². The first-order valence-corrected chi connectivity index (χ1v) is 6.71. The zero-order chi connectivity index (χ0) is 15.9. The Bertz CT molecular complexity index is 689. The minimum atomic E-state index is -2.96. The number of rotatable bonds is 5. The zero-order valence-electron chi connectivity index (χ0n) is 11.3. The van der Waals surface area contributed by atoms with Crippen LogP contribution in [0, 0.1) is 0 Å². The smallest absolute Gasteiger partial charge is 0.387 e. The van der Waals surface area contributed by atoms with Crippen LogP contribution in [0.1, 0.15) is 5.56 Å². The lowest BCUT2D eigenvalue weighted by molar-refractivity contribution is -0.111. The topological polar surface area (TPSA) is 38.3 Å². The van der Waals surface area contributed by atoms with E-state index in [1.165, 1.54) is 24.3 Å². The average molecular weight is 324 g/mol. The van der Waals surface area contributed by atoms with E-state index in [4.69, 9.17) is 11.6 Å². The fraction of sp³-hybridized carbons (Fsp3) is 0.0625. The highest BCUT2D eigenvalue weighted by atomic mass is 35.5. The molecule has 2 aromatic rings. The van der Waals surface area contributed by atoms with Gasteiger partial charge in [-0.2, -0.15) is 8.78 Å². The molecule has 0 fully saturated rings. The van der Waals surface area contributed by atoms with Crippen LogP contribution in [0.2, 0.25) is 5.02 Å². The molecule has 2 rings (SSSR count). The van der Waals surface area contributed by atoms with Gasteiger partial charge in [-0.3, -0.25) is 4.79 Å². The molecule has 0 atom stereocenters. The molecule has 2 aromatic carbocycles. The molecular weight excluding hydrogens is 312 g/mol. The normalized spacial score (nSPS) is 10.9. The minimum absolute atomic E-state index is 0.0954. The van der Waals surface area contributed by atoms with Gasteiger partial charge in [0.2, 0.25) is 5.91 Å². The summed E-state index contributed by atoms with van der Waals surface area (Å²) < 4.78 is 28.9. The van der Waals surface area contributed by atoms with Crippen molar-refractivity contribution in [2.45, 2.75) is 6.61 Å². The summed E-state index contributed by atoms with van der Waals surface area (Å²) in [7, 11) is 0. The highest BCUT2D eigenvalue weighted by Gasteiger charge is 2.10. The number of ether oxygens (including phenoxy) is 1. The van der Waals surface area contributed by atoms with Gasteiger partial charge in [-0.05, 0) is 35.9 Å². The number of hydrogen-bond acceptors (Lipinski definition) is 2. The fourth-order valence-electron chi connectivity index (χ4n) is 1.73. The van der Waals surface area contributed by atoms with Crippen LogP contribution < -0.4 is 10.1 Å². The summed E-state index contributed by atoms with van der Waals surface area (Å²) in [5.41, 5.74) is 0.920. The summed E-state index contributed by atoms with van der Waals surface area (Å²) >= 11 is 5.84. The second-order valence-electron chi connectivity index (χ2n) is 4.25. The van der Waals surface area contributed by atoms with Crippen LogP contribution in [0.3, 0.4) is 0 Å². The van der Waals surface area contributed by atoms with Gasteiger partial charge < -0.3 is 10.1 Å². The molecule has 0 aliphatic rings. The van der Waals surface area contributed by atoms with Gasteiger partial charge in [0.05, 0.1) is 5.69 Å². The number of amides is 1. The maximum atomic E-state index is 12.3. The van der Waals surface area contributed by atoms with E-state index in [0.717, 1.165) is 5.56 Å². The van der Waals surface area contributed by atoms with Gasteiger partial charge in [0.25, 0.3) is 0 Å². The monoisotopic (exact) mass is 323 g/mol. The number of benzene rings is 2. The molecule has 0 bridgehead atoms. The van der Waals surface area contributed by atoms with Crippen LogP contribution >= 0.6 is 11.6 Å². The van der Waals surface area contributed by atoms with Crippen LogP contribution in [0.4, 0.5) is 14.5 Å². The van der Waals surface area contributed by atoms with Crippen molar-refractivity contribution in [1.82, 2.24) is 0 Å². The highest BCUT2D eigenvalue weighted by molar-refractivity contribution is 6.30. The Morgan fingerprint density at radius 2 is 1.95 bits per heavy atom. The van der Waals surface area contributed by atoms with E-state index in [9.17, 15) is 13.6 Å². The second kappa shape index (κ2) is 7.56. The SMILES string of the molecule is O=C(/C=C/c1cccc(Cl)c1)Nc1ccccc1OC(F)F. The van der Waals surface area contributed by atoms with Crippen LogP contribution in [-0.2, 0) is 4.79 Å². The maximum Gasteiger partial charge on any atom is 0.387 e. The Labute approximate surface area is 131 Å². The van der Waals surface area contributed by atoms with Gasteiger partial charge in [-0.15, -0.1) is 0 Å². The summed E-state index contributed by atoms with van der Waals surface area (Å²) in [6, 6.07) is 12.9. The van der Waals surface area contributed by atoms with E-state index in [-0.39, 0.29) is 11.4 Å². The van der Waals surface area contributed by atoms with Crippen molar-refractivity contribution >= 4 is 29.3 Å². The Morgan fingerprint density at radius 3 is 2.68 bits per heavy atom. The van der Waals surface area contributed by atoms with Crippen molar-refractivity contribution < 1.29 is 18.3 Å². The molecule has 0 aliphatic carbocycles. The standard InChI is InChI=1S/C16H12ClF2NO2/c17-12-5-3-4-11(10-12)8-9-15(21)20-13-6-1-2-7-14(13)22-16(18)19/h1-10,16H,(H,20,21)/b9-8+. The lowest BCUT2D eigenvalue weighted by Crippen LogP contribution is -2.11. The van der Waals surface area contributed by atoms with Crippen LogP contribution in [-0.4, -0.2) is 12.5 Å². The lowest BCUT2D eigenvalue weighted by Gasteiger charge is -2.10. The highest BCUT2D eigenvalue weighted by Crippen LogP contribution is 2.25. The van der Waals surface area contributed by atoms with Crippen molar-refractivity contribution in [1.29, 1.82) is 0 Å². The second-order valence-corrected chi connectivity index (χ2v) is 4.69. The van der Waals surface area contributed by atoms with E-state index in [1.54, 1.807) is 36.4 Å². The van der Waals surface area contributed by atoms with Gasteiger partial charge in [-0.1, -0.05) is 35.9 Å².